The number of unbranched alkanes of at least 4 members (excludes halogenated alkanes) is 2. The fourth-order valence-corrected chi connectivity index (χ4v) is 1.58. The molecule has 0 aliphatic carbocycles. The van der Waals surface area contributed by atoms with Gasteiger partial charge in [-0.05, 0) is 26.7 Å². The SMILES string of the molecule is CCCC/C=C(\CC)C(=O)N(CC)CC. The van der Waals surface area contributed by atoms with E-state index in [1.807, 2.05) is 18.7 Å². The summed E-state index contributed by atoms with van der Waals surface area (Å²) in [5.74, 6) is 0.221. The van der Waals surface area contributed by atoms with Crippen LogP contribution in [0.15, 0.2) is 11.6 Å². The van der Waals surface area contributed by atoms with Crippen molar-refractivity contribution in [3.8, 4) is 0 Å². The lowest BCUT2D eigenvalue weighted by Crippen LogP contribution is -2.31. The molecule has 0 heterocycles. The molecule has 1 amide bonds. The van der Waals surface area contributed by atoms with Gasteiger partial charge in [0.15, 0.2) is 0 Å². The number of amides is 1. The van der Waals surface area contributed by atoms with Crippen LogP contribution in [0.1, 0.15) is 53.4 Å². The van der Waals surface area contributed by atoms with Crippen molar-refractivity contribution in [1.29, 1.82) is 0 Å². The predicted molar refractivity (Wildman–Crippen MR) is 65.8 cm³/mol. The van der Waals surface area contributed by atoms with Crippen molar-refractivity contribution in [3.05, 3.63) is 11.6 Å². The third-order valence-corrected chi connectivity index (χ3v) is 2.65. The average molecular weight is 211 g/mol. The van der Waals surface area contributed by atoms with Crippen molar-refractivity contribution in [2.24, 2.45) is 0 Å². The highest BCUT2D eigenvalue weighted by Gasteiger charge is 2.12. The zero-order valence-corrected chi connectivity index (χ0v) is 10.7. The number of allylic oxidation sites excluding steroid dienone is 1. The first-order chi connectivity index (χ1) is 7.21. The highest BCUT2D eigenvalue weighted by Crippen LogP contribution is 2.09. The topological polar surface area (TPSA) is 20.3 Å². The molecule has 0 radical (unpaired) electrons. The Hall–Kier alpha value is -0.790. The first kappa shape index (κ1) is 14.2. The smallest absolute Gasteiger partial charge is 0.249 e. The van der Waals surface area contributed by atoms with Gasteiger partial charge in [0.05, 0.1) is 0 Å². The van der Waals surface area contributed by atoms with E-state index in [2.05, 4.69) is 19.9 Å². The summed E-state index contributed by atoms with van der Waals surface area (Å²) in [6.07, 6.45) is 6.36. The molecule has 0 saturated heterocycles. The van der Waals surface area contributed by atoms with Gasteiger partial charge < -0.3 is 4.90 Å². The maximum atomic E-state index is 12.0. The van der Waals surface area contributed by atoms with Crippen LogP contribution in [0.4, 0.5) is 0 Å². The molecular weight excluding hydrogens is 186 g/mol. The summed E-state index contributed by atoms with van der Waals surface area (Å²) in [6.45, 7) is 9.90. The second-order valence-corrected chi connectivity index (χ2v) is 3.70. The monoisotopic (exact) mass is 211 g/mol. The van der Waals surface area contributed by atoms with Gasteiger partial charge in [-0.1, -0.05) is 32.8 Å². The van der Waals surface area contributed by atoms with Crippen molar-refractivity contribution in [3.63, 3.8) is 0 Å². The van der Waals surface area contributed by atoms with E-state index < -0.39 is 0 Å². The van der Waals surface area contributed by atoms with Crippen LogP contribution in [0.2, 0.25) is 0 Å². The molecule has 0 bridgehead atoms. The molecule has 0 fully saturated rings. The van der Waals surface area contributed by atoms with Crippen molar-refractivity contribution < 1.29 is 4.79 Å². The Labute approximate surface area is 94.4 Å². The first-order valence-electron chi connectivity index (χ1n) is 6.19. The molecule has 2 nitrogen and oxygen atoms in total. The lowest BCUT2D eigenvalue weighted by Gasteiger charge is -2.19. The van der Waals surface area contributed by atoms with Gasteiger partial charge in [0, 0.05) is 18.7 Å². The second-order valence-electron chi connectivity index (χ2n) is 3.70. The van der Waals surface area contributed by atoms with Gasteiger partial charge in [-0.3, -0.25) is 4.79 Å². The highest BCUT2D eigenvalue weighted by molar-refractivity contribution is 5.93. The summed E-state index contributed by atoms with van der Waals surface area (Å²) in [5.41, 5.74) is 0.979. The van der Waals surface area contributed by atoms with Gasteiger partial charge >= 0.3 is 0 Å². The number of rotatable bonds is 7. The van der Waals surface area contributed by atoms with Crippen LogP contribution in [0.25, 0.3) is 0 Å². The number of carbonyl (C=O) groups excluding carboxylic acids is 1. The molecule has 88 valence electrons. The summed E-state index contributed by atoms with van der Waals surface area (Å²) in [5, 5.41) is 0. The van der Waals surface area contributed by atoms with E-state index in [1.165, 1.54) is 12.8 Å². The van der Waals surface area contributed by atoms with Gasteiger partial charge in [0.25, 0.3) is 0 Å². The van der Waals surface area contributed by atoms with Crippen molar-refractivity contribution in [2.45, 2.75) is 53.4 Å². The minimum Gasteiger partial charge on any atom is -0.339 e. The van der Waals surface area contributed by atoms with Gasteiger partial charge in [-0.25, -0.2) is 0 Å². The van der Waals surface area contributed by atoms with Crippen LogP contribution in [-0.2, 0) is 4.79 Å². The number of carbonyl (C=O) groups is 1. The van der Waals surface area contributed by atoms with Crippen LogP contribution >= 0.6 is 0 Å². The maximum absolute atomic E-state index is 12.0. The van der Waals surface area contributed by atoms with E-state index in [-0.39, 0.29) is 5.91 Å². The number of nitrogens with zero attached hydrogens (tertiary/aromatic N) is 1. The summed E-state index contributed by atoms with van der Waals surface area (Å²) in [4.78, 5) is 13.9. The van der Waals surface area contributed by atoms with E-state index >= 15 is 0 Å². The van der Waals surface area contributed by atoms with Gasteiger partial charge in [0.1, 0.15) is 0 Å². The third-order valence-electron chi connectivity index (χ3n) is 2.65. The van der Waals surface area contributed by atoms with Crippen molar-refractivity contribution >= 4 is 5.91 Å². The third kappa shape index (κ3) is 5.01. The maximum Gasteiger partial charge on any atom is 0.249 e. The number of hydrogen-bond donors (Lipinski definition) is 0. The zero-order chi connectivity index (χ0) is 11.7. The molecule has 0 aliphatic heterocycles. The first-order valence-corrected chi connectivity index (χ1v) is 6.19. The molecule has 0 unspecified atom stereocenters. The number of hydrogen-bond acceptors (Lipinski definition) is 1. The van der Waals surface area contributed by atoms with E-state index in [9.17, 15) is 4.79 Å². The van der Waals surface area contributed by atoms with Crippen LogP contribution < -0.4 is 0 Å². The predicted octanol–water partition coefficient (Wildman–Crippen LogP) is 3.38. The molecule has 0 spiro atoms. The molecule has 15 heavy (non-hydrogen) atoms. The largest absolute Gasteiger partial charge is 0.339 e. The van der Waals surface area contributed by atoms with E-state index in [0.717, 1.165) is 31.5 Å². The van der Waals surface area contributed by atoms with E-state index in [1.54, 1.807) is 0 Å². The fraction of sp³-hybridized carbons (Fsp3) is 0.769. The lowest BCUT2D eigenvalue weighted by molar-refractivity contribution is -0.126. The Bertz CT molecular complexity index is 205. The Morgan fingerprint density at radius 1 is 1.13 bits per heavy atom. The van der Waals surface area contributed by atoms with Gasteiger partial charge in [-0.15, -0.1) is 0 Å². The molecule has 0 saturated carbocycles. The molecule has 0 aromatic heterocycles. The van der Waals surface area contributed by atoms with Gasteiger partial charge in [-0.2, -0.15) is 0 Å². The average Bonchev–Trinajstić information content (AvgIpc) is 2.26. The molecule has 2 heteroatoms. The quantitative estimate of drug-likeness (QED) is 0.467. The highest BCUT2D eigenvalue weighted by atomic mass is 16.2. The molecule has 0 aromatic carbocycles. The molecule has 0 atom stereocenters. The van der Waals surface area contributed by atoms with Crippen molar-refractivity contribution in [2.75, 3.05) is 13.1 Å². The summed E-state index contributed by atoms with van der Waals surface area (Å²) >= 11 is 0. The normalized spacial score (nSPS) is 11.6. The lowest BCUT2D eigenvalue weighted by atomic mass is 10.1. The molecule has 0 aromatic rings. The van der Waals surface area contributed by atoms with Crippen LogP contribution in [0.3, 0.4) is 0 Å². The van der Waals surface area contributed by atoms with Crippen LogP contribution in [0.5, 0.6) is 0 Å². The van der Waals surface area contributed by atoms with Gasteiger partial charge in [0.2, 0.25) is 5.91 Å². The van der Waals surface area contributed by atoms with E-state index in [4.69, 9.17) is 0 Å². The Morgan fingerprint density at radius 2 is 1.73 bits per heavy atom. The Balaban J connectivity index is 4.37. The minimum atomic E-state index is 0.221. The molecular formula is C13H25NO. The fourth-order valence-electron chi connectivity index (χ4n) is 1.58. The molecule has 0 N–H and O–H groups in total. The Morgan fingerprint density at radius 3 is 2.13 bits per heavy atom. The standard InChI is InChI=1S/C13H25NO/c1-5-9-10-11-12(6-2)13(15)14(7-3)8-4/h11H,5-10H2,1-4H3/b12-11+. The van der Waals surface area contributed by atoms with Crippen molar-refractivity contribution in [1.82, 2.24) is 4.90 Å². The second kappa shape index (κ2) is 8.51. The molecule has 0 aliphatic rings. The molecule has 0 rings (SSSR count). The van der Waals surface area contributed by atoms with Crippen LogP contribution in [0, 0.1) is 0 Å². The number of likely N-dealkylation sites (N-methyl/N-ethyl adjacent to an activating group) is 1. The van der Waals surface area contributed by atoms with Crippen LogP contribution in [-0.4, -0.2) is 23.9 Å². The van der Waals surface area contributed by atoms with E-state index in [0.29, 0.717) is 0 Å². The zero-order valence-electron chi connectivity index (χ0n) is 10.7. The Kier molecular flexibility index (Phi) is 8.06. The summed E-state index contributed by atoms with van der Waals surface area (Å²) in [7, 11) is 0. The minimum absolute atomic E-state index is 0.221. The summed E-state index contributed by atoms with van der Waals surface area (Å²) < 4.78 is 0. The summed E-state index contributed by atoms with van der Waals surface area (Å²) in [6, 6.07) is 0.